The second kappa shape index (κ2) is 8.99. The van der Waals surface area contributed by atoms with Gasteiger partial charge in [0.05, 0.1) is 22.2 Å². The summed E-state index contributed by atoms with van der Waals surface area (Å²) >= 11 is 6.18. The van der Waals surface area contributed by atoms with Crippen molar-refractivity contribution in [1.29, 1.82) is 0 Å². The van der Waals surface area contributed by atoms with Gasteiger partial charge in [-0.05, 0) is 36.8 Å². The fraction of sp³-hybridized carbons (Fsp3) is 0.238. The number of oxazole rings is 1. The normalized spacial score (nSPS) is 12.5. The van der Waals surface area contributed by atoms with Gasteiger partial charge in [0.2, 0.25) is 15.9 Å². The van der Waals surface area contributed by atoms with E-state index in [9.17, 15) is 13.2 Å². The van der Waals surface area contributed by atoms with Crippen LogP contribution in [0.3, 0.4) is 0 Å². The third-order valence-electron chi connectivity index (χ3n) is 4.89. The van der Waals surface area contributed by atoms with Crippen LogP contribution < -0.4 is 5.14 Å². The maximum Gasteiger partial charge on any atom is 0.238 e. The van der Waals surface area contributed by atoms with Gasteiger partial charge in [0.25, 0.3) is 0 Å². The van der Waals surface area contributed by atoms with Gasteiger partial charge in [0, 0.05) is 25.5 Å². The van der Waals surface area contributed by atoms with Crippen molar-refractivity contribution < 1.29 is 17.6 Å². The molecule has 1 aromatic heterocycles. The number of rotatable bonds is 7. The van der Waals surface area contributed by atoms with Gasteiger partial charge in [-0.2, -0.15) is 0 Å². The number of primary sulfonamides is 1. The molecule has 2 N–H and O–H groups in total. The molecular formula is C21H22ClN3O4S. The second-order valence-corrected chi connectivity index (χ2v) is 8.86. The van der Waals surface area contributed by atoms with Gasteiger partial charge in [-0.1, -0.05) is 35.9 Å². The minimum absolute atomic E-state index is 0.0135. The molecule has 158 valence electrons. The first-order valence-electron chi connectivity index (χ1n) is 9.25. The van der Waals surface area contributed by atoms with Gasteiger partial charge in [-0.3, -0.25) is 4.79 Å². The lowest BCUT2D eigenvalue weighted by molar-refractivity contribution is -0.131. The molecule has 0 radical (unpaired) electrons. The molecule has 7 nitrogen and oxygen atoms in total. The highest BCUT2D eigenvalue weighted by molar-refractivity contribution is 7.89. The smallest absolute Gasteiger partial charge is 0.238 e. The Bertz CT molecular complexity index is 1160. The summed E-state index contributed by atoms with van der Waals surface area (Å²) in [4.78, 5) is 18.4. The molecule has 0 bridgehead atoms. The number of nitrogens with zero attached hydrogens (tertiary/aromatic N) is 2. The highest BCUT2D eigenvalue weighted by atomic mass is 35.5. The predicted octanol–water partition coefficient (Wildman–Crippen LogP) is 3.79. The molecule has 9 heteroatoms. The fourth-order valence-electron chi connectivity index (χ4n) is 2.99. The number of sulfonamides is 1. The quantitative estimate of drug-likeness (QED) is 0.592. The molecule has 1 atom stereocenters. The monoisotopic (exact) mass is 447 g/mol. The molecule has 30 heavy (non-hydrogen) atoms. The molecule has 0 saturated carbocycles. The van der Waals surface area contributed by atoms with E-state index in [1.165, 1.54) is 12.1 Å². The van der Waals surface area contributed by atoms with Gasteiger partial charge in [0.15, 0.2) is 11.7 Å². The lowest BCUT2D eigenvalue weighted by atomic mass is 10.1. The van der Waals surface area contributed by atoms with Crippen molar-refractivity contribution in [3.63, 3.8) is 0 Å². The van der Waals surface area contributed by atoms with E-state index in [2.05, 4.69) is 4.98 Å². The van der Waals surface area contributed by atoms with Crippen LogP contribution in [0.2, 0.25) is 5.02 Å². The number of aryl methyl sites for hydroxylation is 1. The Morgan fingerprint density at radius 3 is 2.67 bits per heavy atom. The van der Waals surface area contributed by atoms with Crippen LogP contribution in [-0.4, -0.2) is 31.3 Å². The van der Waals surface area contributed by atoms with E-state index in [0.29, 0.717) is 28.7 Å². The van der Waals surface area contributed by atoms with E-state index in [-0.39, 0.29) is 23.3 Å². The van der Waals surface area contributed by atoms with Crippen molar-refractivity contribution >= 4 is 27.5 Å². The van der Waals surface area contributed by atoms with Crippen molar-refractivity contribution in [2.24, 2.45) is 5.14 Å². The maximum atomic E-state index is 12.6. The summed E-state index contributed by atoms with van der Waals surface area (Å²) < 4.78 is 28.9. The zero-order chi connectivity index (χ0) is 21.9. The van der Waals surface area contributed by atoms with E-state index in [1.54, 1.807) is 36.3 Å². The Labute approximate surface area is 180 Å². The Kier molecular flexibility index (Phi) is 6.60. The number of halogens is 1. The van der Waals surface area contributed by atoms with Crippen LogP contribution >= 0.6 is 11.6 Å². The molecular weight excluding hydrogens is 426 g/mol. The van der Waals surface area contributed by atoms with Crippen LogP contribution in [0.1, 0.15) is 30.8 Å². The van der Waals surface area contributed by atoms with Crippen molar-refractivity contribution in [1.82, 2.24) is 9.88 Å². The molecule has 2 aromatic carbocycles. The third kappa shape index (κ3) is 5.08. The number of hydrogen-bond acceptors (Lipinski definition) is 5. The summed E-state index contributed by atoms with van der Waals surface area (Å²) in [6, 6.07) is 13.2. The van der Waals surface area contributed by atoms with Crippen molar-refractivity contribution in [3.8, 4) is 11.3 Å². The average Bonchev–Trinajstić information content (AvgIpc) is 3.19. The molecule has 1 amide bonds. The minimum Gasteiger partial charge on any atom is -0.441 e. The van der Waals surface area contributed by atoms with Crippen molar-refractivity contribution in [2.75, 3.05) is 7.05 Å². The Morgan fingerprint density at radius 2 is 1.97 bits per heavy atom. The highest BCUT2D eigenvalue weighted by Crippen LogP contribution is 2.28. The second-order valence-electron chi connectivity index (χ2n) is 6.90. The lowest BCUT2D eigenvalue weighted by Gasteiger charge is -2.25. The van der Waals surface area contributed by atoms with Gasteiger partial charge in [-0.25, -0.2) is 18.5 Å². The number of amides is 1. The van der Waals surface area contributed by atoms with E-state index in [1.807, 2.05) is 25.1 Å². The van der Waals surface area contributed by atoms with Crippen LogP contribution in [0, 0.1) is 0 Å². The van der Waals surface area contributed by atoms with Crippen LogP contribution in [0.5, 0.6) is 0 Å². The van der Waals surface area contributed by atoms with Crippen LogP contribution in [0.4, 0.5) is 0 Å². The number of hydrogen-bond donors (Lipinski definition) is 1. The molecule has 1 heterocycles. The topological polar surface area (TPSA) is 106 Å². The first kappa shape index (κ1) is 22.0. The summed E-state index contributed by atoms with van der Waals surface area (Å²) in [5.41, 5.74) is 1.42. The SMILES string of the molecule is CC(c1cccc(S(N)(=O)=O)c1)N(C)C(=O)CCc1ncc(-c2ccccc2Cl)o1. The number of benzene rings is 2. The van der Waals surface area contributed by atoms with Crippen LogP contribution in [0.25, 0.3) is 11.3 Å². The van der Waals surface area contributed by atoms with E-state index in [0.717, 1.165) is 5.56 Å². The van der Waals surface area contributed by atoms with E-state index >= 15 is 0 Å². The summed E-state index contributed by atoms with van der Waals surface area (Å²) in [6.07, 6.45) is 2.11. The fourth-order valence-corrected chi connectivity index (χ4v) is 3.79. The first-order valence-corrected chi connectivity index (χ1v) is 11.2. The molecule has 0 aliphatic rings. The Balaban J connectivity index is 1.65. The molecule has 0 aliphatic carbocycles. The molecule has 0 spiro atoms. The van der Waals surface area contributed by atoms with Gasteiger partial charge >= 0.3 is 0 Å². The van der Waals surface area contributed by atoms with Crippen LogP contribution in [0.15, 0.2) is 64.0 Å². The predicted molar refractivity (Wildman–Crippen MR) is 114 cm³/mol. The van der Waals surface area contributed by atoms with E-state index < -0.39 is 10.0 Å². The number of aromatic nitrogens is 1. The van der Waals surface area contributed by atoms with E-state index in [4.69, 9.17) is 21.2 Å². The van der Waals surface area contributed by atoms with Gasteiger partial charge < -0.3 is 9.32 Å². The molecule has 0 aliphatic heterocycles. The Hall–Kier alpha value is -2.68. The molecule has 0 saturated heterocycles. The first-order chi connectivity index (χ1) is 14.2. The summed E-state index contributed by atoms with van der Waals surface area (Å²) in [6.45, 7) is 1.82. The number of carbonyl (C=O) groups excluding carboxylic acids is 1. The summed E-state index contributed by atoms with van der Waals surface area (Å²) in [5, 5.41) is 5.75. The molecule has 3 aromatic rings. The molecule has 0 fully saturated rings. The standard InChI is InChI=1S/C21H22ClN3O4S/c1-14(15-6-5-7-16(12-15)30(23,27)28)25(2)21(26)11-10-20-24-13-19(29-20)17-8-3-4-9-18(17)22/h3-9,12-14H,10-11H2,1-2H3,(H2,23,27,28). The Morgan fingerprint density at radius 1 is 1.23 bits per heavy atom. The highest BCUT2D eigenvalue weighted by Gasteiger charge is 2.20. The largest absolute Gasteiger partial charge is 0.441 e. The van der Waals surface area contributed by atoms with Crippen molar-refractivity contribution in [3.05, 3.63) is 71.2 Å². The molecule has 3 rings (SSSR count). The molecule has 1 unspecified atom stereocenters. The van der Waals surface area contributed by atoms with Gasteiger partial charge in [0.1, 0.15) is 0 Å². The lowest BCUT2D eigenvalue weighted by Crippen LogP contribution is -2.30. The average molecular weight is 448 g/mol. The zero-order valence-corrected chi connectivity index (χ0v) is 18.2. The number of carbonyl (C=O) groups is 1. The maximum absolute atomic E-state index is 12.6. The minimum atomic E-state index is -3.81. The number of nitrogens with two attached hydrogens (primary N) is 1. The van der Waals surface area contributed by atoms with Crippen LogP contribution in [-0.2, 0) is 21.2 Å². The zero-order valence-electron chi connectivity index (χ0n) is 16.6. The summed E-state index contributed by atoms with van der Waals surface area (Å²) in [5.74, 6) is 0.862. The summed E-state index contributed by atoms with van der Waals surface area (Å²) in [7, 11) is -2.14. The van der Waals surface area contributed by atoms with Crippen molar-refractivity contribution in [2.45, 2.75) is 30.7 Å². The third-order valence-corrected chi connectivity index (χ3v) is 6.13. The van der Waals surface area contributed by atoms with Gasteiger partial charge in [-0.15, -0.1) is 0 Å².